The number of thioether (sulfide) groups is 3. The maximum atomic E-state index is 6.04. The molecule has 0 spiro atoms. The van der Waals surface area contributed by atoms with Crippen LogP contribution in [0.15, 0.2) is 0 Å². The Kier molecular flexibility index (Phi) is 3.45. The van der Waals surface area contributed by atoms with E-state index < -0.39 is 0 Å². The van der Waals surface area contributed by atoms with Crippen LogP contribution in [-0.2, 0) is 11.5 Å². The fraction of sp³-hybridized carbons (Fsp3) is 0.636. The van der Waals surface area contributed by atoms with Gasteiger partial charge in [0.15, 0.2) is 0 Å². The maximum absolute atomic E-state index is 6.04. The summed E-state index contributed by atoms with van der Waals surface area (Å²) in [6, 6.07) is 0. The molecular formula is C11H15N3S3. The molecule has 1 saturated heterocycles. The quantitative estimate of drug-likeness (QED) is 0.856. The first-order valence-corrected chi connectivity index (χ1v) is 8.97. The third-order valence-corrected chi connectivity index (χ3v) is 7.13. The summed E-state index contributed by atoms with van der Waals surface area (Å²) in [5, 5.41) is 0.993. The second kappa shape index (κ2) is 4.90. The van der Waals surface area contributed by atoms with Crippen LogP contribution in [0.3, 0.4) is 0 Å². The van der Waals surface area contributed by atoms with Crippen LogP contribution in [0.5, 0.6) is 0 Å². The monoisotopic (exact) mass is 285 g/mol. The molecule has 1 aromatic rings. The number of rotatable bonds is 1. The average molecular weight is 285 g/mol. The van der Waals surface area contributed by atoms with Crippen molar-refractivity contribution >= 4 is 41.1 Å². The molecule has 2 unspecified atom stereocenters. The highest BCUT2D eigenvalue weighted by molar-refractivity contribution is 8.06. The lowest BCUT2D eigenvalue weighted by atomic mass is 10.2. The average Bonchev–Trinajstić information content (AvgIpc) is 2.78. The van der Waals surface area contributed by atoms with Crippen LogP contribution >= 0.6 is 35.3 Å². The zero-order chi connectivity index (χ0) is 11.8. The van der Waals surface area contributed by atoms with Crippen molar-refractivity contribution in [2.75, 3.05) is 17.2 Å². The lowest BCUT2D eigenvalue weighted by Gasteiger charge is -2.27. The first kappa shape index (κ1) is 12.0. The largest absolute Gasteiger partial charge is 0.383 e. The molecule has 2 aliphatic heterocycles. The molecule has 0 bridgehead atoms. The summed E-state index contributed by atoms with van der Waals surface area (Å²) < 4.78 is 0. The van der Waals surface area contributed by atoms with Crippen LogP contribution in [0.4, 0.5) is 5.82 Å². The minimum atomic E-state index is 0.409. The van der Waals surface area contributed by atoms with Crippen molar-refractivity contribution in [1.82, 2.24) is 9.97 Å². The van der Waals surface area contributed by atoms with E-state index in [1.54, 1.807) is 0 Å². The highest BCUT2D eigenvalue weighted by Crippen LogP contribution is 2.42. The minimum Gasteiger partial charge on any atom is -0.383 e. The van der Waals surface area contributed by atoms with Crippen molar-refractivity contribution in [1.29, 1.82) is 0 Å². The Morgan fingerprint density at radius 1 is 1.18 bits per heavy atom. The summed E-state index contributed by atoms with van der Waals surface area (Å²) in [4.78, 5) is 9.28. The van der Waals surface area contributed by atoms with Gasteiger partial charge in [-0.3, -0.25) is 0 Å². The van der Waals surface area contributed by atoms with Crippen LogP contribution in [0.25, 0.3) is 0 Å². The number of nitrogens with zero attached hydrogens (tertiary/aromatic N) is 2. The Hall–Kier alpha value is -0.0700. The van der Waals surface area contributed by atoms with E-state index in [2.05, 4.69) is 11.9 Å². The van der Waals surface area contributed by atoms with E-state index >= 15 is 0 Å². The fourth-order valence-electron chi connectivity index (χ4n) is 2.14. The van der Waals surface area contributed by atoms with Crippen LogP contribution in [0, 0.1) is 0 Å². The summed E-state index contributed by atoms with van der Waals surface area (Å²) in [5.74, 6) is 6.05. The molecule has 92 valence electrons. The third kappa shape index (κ3) is 2.27. The van der Waals surface area contributed by atoms with E-state index in [0.29, 0.717) is 16.3 Å². The van der Waals surface area contributed by atoms with Gasteiger partial charge in [0.1, 0.15) is 11.6 Å². The van der Waals surface area contributed by atoms with E-state index in [-0.39, 0.29) is 0 Å². The zero-order valence-electron chi connectivity index (χ0n) is 9.68. The summed E-state index contributed by atoms with van der Waals surface area (Å²) in [5.41, 5.74) is 8.38. The topological polar surface area (TPSA) is 51.8 Å². The number of nitrogens with two attached hydrogens (primary N) is 1. The van der Waals surface area contributed by atoms with Crippen molar-refractivity contribution in [3.63, 3.8) is 0 Å². The van der Waals surface area contributed by atoms with Gasteiger partial charge >= 0.3 is 0 Å². The molecule has 6 heteroatoms. The van der Waals surface area contributed by atoms with Gasteiger partial charge in [-0.2, -0.15) is 23.5 Å². The fourth-order valence-corrected chi connectivity index (χ4v) is 5.88. The van der Waals surface area contributed by atoms with Gasteiger partial charge in [-0.1, -0.05) is 6.92 Å². The predicted molar refractivity (Wildman–Crippen MR) is 78.6 cm³/mol. The smallest absolute Gasteiger partial charge is 0.145 e. The number of aromatic nitrogens is 2. The molecule has 3 rings (SSSR count). The molecule has 2 N–H and O–H groups in total. The van der Waals surface area contributed by atoms with Crippen molar-refractivity contribution < 1.29 is 0 Å². The van der Waals surface area contributed by atoms with Crippen molar-refractivity contribution in [2.45, 2.75) is 28.9 Å². The van der Waals surface area contributed by atoms with Crippen molar-refractivity contribution in [3.05, 3.63) is 17.1 Å². The molecule has 0 radical (unpaired) electrons. The Bertz CT molecular complexity index is 438. The van der Waals surface area contributed by atoms with E-state index in [4.69, 9.17) is 10.7 Å². The van der Waals surface area contributed by atoms with Gasteiger partial charge in [-0.15, -0.1) is 11.8 Å². The first-order chi connectivity index (χ1) is 8.25. The molecule has 0 amide bonds. The Labute approximate surface area is 114 Å². The second-order valence-electron chi connectivity index (χ2n) is 4.25. The highest BCUT2D eigenvalue weighted by atomic mass is 32.2. The van der Waals surface area contributed by atoms with Gasteiger partial charge in [-0.05, 0) is 0 Å². The summed E-state index contributed by atoms with van der Waals surface area (Å²) in [6.45, 7) is 2.27. The van der Waals surface area contributed by atoms with E-state index in [0.717, 1.165) is 17.3 Å². The number of hydrogen-bond acceptors (Lipinski definition) is 6. The standard InChI is InChI=1S/C11H15N3S3/c1-6-9(17-3-2-16-6)11-13-8-5-15-4-7(8)10(12)14-11/h6,9H,2-5H2,1H3,(H2,12,13,14). The second-order valence-corrected chi connectivity index (χ2v) is 7.97. The lowest BCUT2D eigenvalue weighted by molar-refractivity contribution is 0.813. The number of nitrogen functional groups attached to an aromatic ring is 1. The highest BCUT2D eigenvalue weighted by Gasteiger charge is 2.28. The Morgan fingerprint density at radius 2 is 2.00 bits per heavy atom. The predicted octanol–water partition coefficient (Wildman–Crippen LogP) is 2.72. The van der Waals surface area contributed by atoms with Gasteiger partial charge in [0.05, 0.1) is 10.9 Å². The summed E-state index contributed by atoms with van der Waals surface area (Å²) >= 11 is 5.86. The van der Waals surface area contributed by atoms with Gasteiger partial charge in [-0.25, -0.2) is 9.97 Å². The van der Waals surface area contributed by atoms with Gasteiger partial charge in [0.2, 0.25) is 0 Å². The molecule has 0 aromatic carbocycles. The van der Waals surface area contributed by atoms with E-state index in [9.17, 15) is 0 Å². The van der Waals surface area contributed by atoms with Crippen molar-refractivity contribution in [2.24, 2.45) is 0 Å². The van der Waals surface area contributed by atoms with Gasteiger partial charge in [0.25, 0.3) is 0 Å². The number of anilines is 1. The molecule has 0 saturated carbocycles. The van der Waals surface area contributed by atoms with Gasteiger partial charge in [0, 0.05) is 33.8 Å². The first-order valence-electron chi connectivity index (χ1n) is 5.72. The third-order valence-electron chi connectivity index (χ3n) is 3.07. The molecule has 2 atom stereocenters. The number of fused-ring (bicyclic) bond motifs is 1. The SMILES string of the molecule is CC1SCCSC1c1nc(N)c2c(n1)CSC2. The molecule has 1 fully saturated rings. The lowest BCUT2D eigenvalue weighted by Crippen LogP contribution is -2.19. The number of hydrogen-bond donors (Lipinski definition) is 1. The Morgan fingerprint density at radius 3 is 2.82 bits per heavy atom. The van der Waals surface area contributed by atoms with Crippen molar-refractivity contribution in [3.8, 4) is 0 Å². The summed E-state index contributed by atoms with van der Waals surface area (Å²) in [7, 11) is 0. The minimum absolute atomic E-state index is 0.409. The molecular weight excluding hydrogens is 270 g/mol. The van der Waals surface area contributed by atoms with Crippen LogP contribution in [0.2, 0.25) is 0 Å². The maximum Gasteiger partial charge on any atom is 0.145 e. The van der Waals surface area contributed by atoms with E-state index in [1.807, 2.05) is 35.3 Å². The summed E-state index contributed by atoms with van der Waals surface area (Å²) in [6.07, 6.45) is 0. The molecule has 2 aliphatic rings. The molecule has 1 aromatic heterocycles. The zero-order valence-corrected chi connectivity index (χ0v) is 12.1. The van der Waals surface area contributed by atoms with E-state index in [1.165, 1.54) is 22.8 Å². The molecule has 0 aliphatic carbocycles. The normalized spacial score (nSPS) is 28.1. The van der Waals surface area contributed by atoms with Crippen LogP contribution in [0.1, 0.15) is 29.3 Å². The molecule has 3 heterocycles. The van der Waals surface area contributed by atoms with Crippen LogP contribution in [-0.4, -0.2) is 26.7 Å². The molecule has 3 nitrogen and oxygen atoms in total. The Balaban J connectivity index is 1.95. The van der Waals surface area contributed by atoms with Gasteiger partial charge < -0.3 is 5.73 Å². The van der Waals surface area contributed by atoms with Crippen LogP contribution < -0.4 is 5.73 Å². The molecule has 17 heavy (non-hydrogen) atoms.